The molecule has 0 heterocycles. The lowest BCUT2D eigenvalue weighted by molar-refractivity contribution is -0.135. The maximum absolute atomic E-state index is 12.2. The Morgan fingerprint density at radius 2 is 1.91 bits per heavy atom. The number of anilines is 1. The topological polar surface area (TPSA) is 49.4 Å². The molecule has 122 valence electrons. The number of amides is 2. The number of nitrogens with zero attached hydrogens (tertiary/aromatic N) is 1. The quantitative estimate of drug-likeness (QED) is 0.797. The van der Waals surface area contributed by atoms with Gasteiger partial charge < -0.3 is 10.2 Å². The highest BCUT2D eigenvalue weighted by Crippen LogP contribution is 2.13. The van der Waals surface area contributed by atoms with Gasteiger partial charge in [0.15, 0.2) is 0 Å². The second kappa shape index (κ2) is 9.23. The van der Waals surface area contributed by atoms with Crippen molar-refractivity contribution in [3.05, 3.63) is 29.8 Å². The molecule has 0 aliphatic rings. The van der Waals surface area contributed by atoms with Gasteiger partial charge in [-0.1, -0.05) is 39.0 Å². The number of rotatable bonds is 8. The first-order valence-electron chi connectivity index (χ1n) is 8.07. The second-order valence-corrected chi connectivity index (χ2v) is 6.11. The fourth-order valence-electron chi connectivity index (χ4n) is 2.21. The Kier molecular flexibility index (Phi) is 7.64. The van der Waals surface area contributed by atoms with Gasteiger partial charge in [-0.15, -0.1) is 0 Å². The summed E-state index contributed by atoms with van der Waals surface area (Å²) in [6.07, 6.45) is 2.22. The van der Waals surface area contributed by atoms with Crippen molar-refractivity contribution in [2.75, 3.05) is 18.4 Å². The van der Waals surface area contributed by atoms with Gasteiger partial charge in [0.25, 0.3) is 0 Å². The number of hydrogen-bond acceptors (Lipinski definition) is 2. The summed E-state index contributed by atoms with van der Waals surface area (Å²) in [5.74, 6) is 0.421. The minimum Gasteiger partial charge on any atom is -0.333 e. The normalized spacial score (nSPS) is 10.6. The number of para-hydroxylation sites is 1. The van der Waals surface area contributed by atoms with Crippen LogP contribution in [0.25, 0.3) is 0 Å². The van der Waals surface area contributed by atoms with Gasteiger partial charge in [-0.2, -0.15) is 0 Å². The molecule has 1 aromatic carbocycles. The molecule has 1 aromatic rings. The van der Waals surface area contributed by atoms with Crippen molar-refractivity contribution in [3.8, 4) is 0 Å². The number of hydrogen-bond donors (Lipinski definition) is 1. The maximum atomic E-state index is 12.2. The summed E-state index contributed by atoms with van der Waals surface area (Å²) in [4.78, 5) is 26.1. The third kappa shape index (κ3) is 6.29. The Bertz CT molecular complexity index is 498. The van der Waals surface area contributed by atoms with Crippen LogP contribution in [-0.2, 0) is 9.59 Å². The molecule has 4 nitrogen and oxygen atoms in total. The lowest BCUT2D eigenvalue weighted by atomic mass is 10.1. The molecular weight excluding hydrogens is 276 g/mol. The predicted molar refractivity (Wildman–Crippen MR) is 90.8 cm³/mol. The lowest BCUT2D eigenvalue weighted by Crippen LogP contribution is -2.38. The van der Waals surface area contributed by atoms with Crippen molar-refractivity contribution >= 4 is 17.5 Å². The number of carbonyl (C=O) groups is 2. The first kappa shape index (κ1) is 18.2. The fraction of sp³-hybridized carbons (Fsp3) is 0.556. The van der Waals surface area contributed by atoms with Gasteiger partial charge in [-0.3, -0.25) is 9.59 Å². The zero-order chi connectivity index (χ0) is 16.5. The number of aryl methyl sites for hydroxylation is 1. The van der Waals surface area contributed by atoms with Crippen LogP contribution in [0.4, 0.5) is 5.69 Å². The van der Waals surface area contributed by atoms with Crippen LogP contribution in [0.1, 0.15) is 45.6 Å². The van der Waals surface area contributed by atoms with E-state index in [4.69, 9.17) is 0 Å². The van der Waals surface area contributed by atoms with Crippen molar-refractivity contribution in [2.24, 2.45) is 5.92 Å². The fourth-order valence-corrected chi connectivity index (χ4v) is 2.21. The average molecular weight is 304 g/mol. The lowest BCUT2D eigenvalue weighted by Gasteiger charge is -2.22. The Morgan fingerprint density at radius 3 is 2.50 bits per heavy atom. The smallest absolute Gasteiger partial charge is 0.244 e. The molecule has 1 N–H and O–H groups in total. The highest BCUT2D eigenvalue weighted by Gasteiger charge is 2.17. The van der Waals surface area contributed by atoms with E-state index in [1.165, 1.54) is 0 Å². The molecule has 0 bridgehead atoms. The molecule has 1 rings (SSSR count). The molecule has 0 radical (unpaired) electrons. The average Bonchev–Trinajstić information content (AvgIpc) is 2.46. The Balaban J connectivity index is 2.60. The van der Waals surface area contributed by atoms with Gasteiger partial charge in [0, 0.05) is 18.7 Å². The van der Waals surface area contributed by atoms with Crippen LogP contribution >= 0.6 is 0 Å². The van der Waals surface area contributed by atoms with Crippen molar-refractivity contribution in [1.29, 1.82) is 0 Å². The molecule has 4 heteroatoms. The third-order valence-electron chi connectivity index (χ3n) is 3.54. The molecule has 2 amide bonds. The summed E-state index contributed by atoms with van der Waals surface area (Å²) >= 11 is 0. The largest absolute Gasteiger partial charge is 0.333 e. The molecule has 0 atom stereocenters. The van der Waals surface area contributed by atoms with Gasteiger partial charge in [0.1, 0.15) is 0 Å². The van der Waals surface area contributed by atoms with Gasteiger partial charge >= 0.3 is 0 Å². The van der Waals surface area contributed by atoms with E-state index in [0.29, 0.717) is 18.9 Å². The molecule has 22 heavy (non-hydrogen) atoms. The first-order chi connectivity index (χ1) is 10.4. The van der Waals surface area contributed by atoms with Gasteiger partial charge in [0.2, 0.25) is 11.8 Å². The Hall–Kier alpha value is -1.84. The first-order valence-corrected chi connectivity index (χ1v) is 8.07. The van der Waals surface area contributed by atoms with Gasteiger partial charge in [-0.05, 0) is 37.3 Å². The second-order valence-electron chi connectivity index (χ2n) is 6.11. The van der Waals surface area contributed by atoms with E-state index in [9.17, 15) is 9.59 Å². The SMILES string of the molecule is CCCN(CC(=O)Nc1ccccc1C)C(=O)CCC(C)C. The standard InChI is InChI=1S/C18H28N2O2/c1-5-12-20(18(22)11-10-14(2)3)13-17(21)19-16-9-7-6-8-15(16)4/h6-9,14H,5,10-13H2,1-4H3,(H,19,21). The highest BCUT2D eigenvalue weighted by atomic mass is 16.2. The predicted octanol–water partition coefficient (Wildman–Crippen LogP) is 3.61. The summed E-state index contributed by atoms with van der Waals surface area (Å²) in [6, 6.07) is 7.65. The van der Waals surface area contributed by atoms with E-state index >= 15 is 0 Å². The summed E-state index contributed by atoms with van der Waals surface area (Å²) < 4.78 is 0. The van der Waals surface area contributed by atoms with Crippen LogP contribution in [0.2, 0.25) is 0 Å². The zero-order valence-corrected chi connectivity index (χ0v) is 14.2. The van der Waals surface area contributed by atoms with Crippen molar-refractivity contribution < 1.29 is 9.59 Å². The molecule has 0 aromatic heterocycles. The van der Waals surface area contributed by atoms with Gasteiger partial charge in [0.05, 0.1) is 6.54 Å². The monoisotopic (exact) mass is 304 g/mol. The van der Waals surface area contributed by atoms with Crippen LogP contribution in [-0.4, -0.2) is 29.8 Å². The summed E-state index contributed by atoms with van der Waals surface area (Å²) in [6.45, 7) is 8.91. The molecule has 0 aliphatic carbocycles. The number of benzene rings is 1. The summed E-state index contributed by atoms with van der Waals surface area (Å²) in [5.41, 5.74) is 1.82. The highest BCUT2D eigenvalue weighted by molar-refractivity contribution is 5.95. The molecule has 0 fully saturated rings. The Morgan fingerprint density at radius 1 is 1.23 bits per heavy atom. The third-order valence-corrected chi connectivity index (χ3v) is 3.54. The molecule has 0 spiro atoms. The van der Waals surface area contributed by atoms with Crippen LogP contribution in [0, 0.1) is 12.8 Å². The van der Waals surface area contributed by atoms with Crippen LogP contribution < -0.4 is 5.32 Å². The minimum absolute atomic E-state index is 0.0653. The van der Waals surface area contributed by atoms with Crippen LogP contribution in [0.15, 0.2) is 24.3 Å². The van der Waals surface area contributed by atoms with Crippen molar-refractivity contribution in [1.82, 2.24) is 4.90 Å². The van der Waals surface area contributed by atoms with Crippen molar-refractivity contribution in [3.63, 3.8) is 0 Å². The minimum atomic E-state index is -0.138. The van der Waals surface area contributed by atoms with Crippen molar-refractivity contribution in [2.45, 2.75) is 47.0 Å². The Labute approximate surface area is 133 Å². The number of nitrogens with one attached hydrogen (secondary N) is 1. The van der Waals surface area contributed by atoms with E-state index in [1.807, 2.05) is 38.1 Å². The van der Waals surface area contributed by atoms with E-state index in [0.717, 1.165) is 24.1 Å². The molecular formula is C18H28N2O2. The van der Waals surface area contributed by atoms with Crippen LogP contribution in [0.3, 0.4) is 0 Å². The summed E-state index contributed by atoms with van der Waals surface area (Å²) in [7, 11) is 0. The maximum Gasteiger partial charge on any atom is 0.244 e. The molecule has 0 saturated carbocycles. The van der Waals surface area contributed by atoms with E-state index in [2.05, 4.69) is 19.2 Å². The van der Waals surface area contributed by atoms with Gasteiger partial charge in [-0.25, -0.2) is 0 Å². The summed E-state index contributed by atoms with van der Waals surface area (Å²) in [5, 5.41) is 2.89. The van der Waals surface area contributed by atoms with E-state index in [1.54, 1.807) is 4.90 Å². The van der Waals surface area contributed by atoms with Crippen LogP contribution in [0.5, 0.6) is 0 Å². The zero-order valence-electron chi connectivity index (χ0n) is 14.2. The number of carbonyl (C=O) groups excluding carboxylic acids is 2. The molecule has 0 saturated heterocycles. The molecule has 0 aliphatic heterocycles. The van der Waals surface area contributed by atoms with E-state index in [-0.39, 0.29) is 18.4 Å². The molecule has 0 unspecified atom stereocenters. The van der Waals surface area contributed by atoms with E-state index < -0.39 is 0 Å².